The van der Waals surface area contributed by atoms with Gasteiger partial charge in [0.05, 0.1) is 0 Å². The van der Waals surface area contributed by atoms with Gasteiger partial charge < -0.3 is 18.9 Å². The molecule has 0 aromatic rings. The van der Waals surface area contributed by atoms with Crippen LogP contribution in [-0.2, 0) is 18.9 Å². The van der Waals surface area contributed by atoms with E-state index in [2.05, 4.69) is 5.92 Å². The van der Waals surface area contributed by atoms with E-state index in [1.165, 1.54) is 0 Å². The van der Waals surface area contributed by atoms with Gasteiger partial charge in [0.1, 0.15) is 18.3 Å². The summed E-state index contributed by atoms with van der Waals surface area (Å²) in [6.07, 6.45) is 4.05. The SMILES string of the molecule is C#C[C@H]1O[C@@H]2OC(C)(C)O[C@@H]2[C@@H]1OC. The molecular formula is C10H14O4. The van der Waals surface area contributed by atoms with Crippen molar-refractivity contribution in [1.82, 2.24) is 0 Å². The lowest BCUT2D eigenvalue weighted by Crippen LogP contribution is -2.35. The Bertz CT molecular complexity index is 268. The van der Waals surface area contributed by atoms with Crippen molar-refractivity contribution in [2.45, 2.75) is 44.2 Å². The monoisotopic (exact) mass is 198 g/mol. The number of hydrogen-bond acceptors (Lipinski definition) is 4. The van der Waals surface area contributed by atoms with Gasteiger partial charge in [-0.2, -0.15) is 0 Å². The summed E-state index contributed by atoms with van der Waals surface area (Å²) in [4.78, 5) is 0. The van der Waals surface area contributed by atoms with Crippen molar-refractivity contribution < 1.29 is 18.9 Å². The molecule has 2 rings (SSSR count). The van der Waals surface area contributed by atoms with Crippen molar-refractivity contribution in [2.24, 2.45) is 0 Å². The molecule has 2 aliphatic rings. The maximum absolute atomic E-state index is 5.64. The van der Waals surface area contributed by atoms with Crippen LogP contribution in [0.3, 0.4) is 0 Å². The predicted molar refractivity (Wildman–Crippen MR) is 48.3 cm³/mol. The first-order chi connectivity index (χ1) is 6.57. The summed E-state index contributed by atoms with van der Waals surface area (Å²) in [5, 5.41) is 0. The summed E-state index contributed by atoms with van der Waals surface area (Å²) in [5.41, 5.74) is 0. The zero-order chi connectivity index (χ0) is 10.3. The maximum Gasteiger partial charge on any atom is 0.191 e. The van der Waals surface area contributed by atoms with Gasteiger partial charge in [0, 0.05) is 7.11 Å². The summed E-state index contributed by atoms with van der Waals surface area (Å²) in [7, 11) is 1.59. The van der Waals surface area contributed by atoms with E-state index in [0.29, 0.717) is 0 Å². The molecule has 4 atom stereocenters. The average molecular weight is 198 g/mol. The van der Waals surface area contributed by atoms with Crippen LogP contribution in [0.5, 0.6) is 0 Å². The van der Waals surface area contributed by atoms with Crippen LogP contribution in [0, 0.1) is 12.3 Å². The normalized spacial score (nSPS) is 44.7. The van der Waals surface area contributed by atoms with E-state index in [0.717, 1.165) is 0 Å². The van der Waals surface area contributed by atoms with Gasteiger partial charge in [-0.15, -0.1) is 6.42 Å². The van der Waals surface area contributed by atoms with E-state index in [9.17, 15) is 0 Å². The van der Waals surface area contributed by atoms with Crippen molar-refractivity contribution in [2.75, 3.05) is 7.11 Å². The molecule has 2 heterocycles. The largest absolute Gasteiger partial charge is 0.375 e. The summed E-state index contributed by atoms with van der Waals surface area (Å²) < 4.78 is 21.9. The molecule has 0 radical (unpaired) electrons. The fourth-order valence-corrected chi connectivity index (χ4v) is 1.87. The molecule has 78 valence electrons. The van der Waals surface area contributed by atoms with Crippen LogP contribution >= 0.6 is 0 Å². The average Bonchev–Trinajstić information content (AvgIpc) is 2.55. The van der Waals surface area contributed by atoms with Crippen molar-refractivity contribution in [3.63, 3.8) is 0 Å². The lowest BCUT2D eigenvalue weighted by atomic mass is 10.1. The number of ether oxygens (including phenoxy) is 4. The highest BCUT2D eigenvalue weighted by Gasteiger charge is 2.54. The molecule has 14 heavy (non-hydrogen) atoms. The number of rotatable bonds is 1. The summed E-state index contributed by atoms with van der Waals surface area (Å²) in [5.74, 6) is 1.89. The van der Waals surface area contributed by atoms with Crippen LogP contribution < -0.4 is 0 Å². The smallest absolute Gasteiger partial charge is 0.191 e. The van der Waals surface area contributed by atoms with Gasteiger partial charge in [-0.1, -0.05) is 5.92 Å². The van der Waals surface area contributed by atoms with E-state index in [1.807, 2.05) is 13.8 Å². The summed E-state index contributed by atoms with van der Waals surface area (Å²) in [6.45, 7) is 3.68. The second-order valence-electron chi connectivity index (χ2n) is 3.89. The lowest BCUT2D eigenvalue weighted by Gasteiger charge is -2.22. The zero-order valence-corrected chi connectivity index (χ0v) is 8.52. The Balaban J connectivity index is 2.14. The maximum atomic E-state index is 5.64. The molecule has 2 aliphatic heterocycles. The first-order valence-corrected chi connectivity index (χ1v) is 4.57. The van der Waals surface area contributed by atoms with Gasteiger partial charge in [0.15, 0.2) is 12.1 Å². The molecule has 0 aliphatic carbocycles. The van der Waals surface area contributed by atoms with Crippen LogP contribution in [0.2, 0.25) is 0 Å². The highest BCUT2D eigenvalue weighted by molar-refractivity contribution is 5.07. The van der Waals surface area contributed by atoms with E-state index in [1.54, 1.807) is 7.11 Å². The fraction of sp³-hybridized carbons (Fsp3) is 0.800. The molecule has 2 fully saturated rings. The van der Waals surface area contributed by atoms with Gasteiger partial charge in [-0.05, 0) is 13.8 Å². The highest BCUT2D eigenvalue weighted by atomic mass is 16.8. The highest BCUT2D eigenvalue weighted by Crippen LogP contribution is 2.38. The van der Waals surface area contributed by atoms with E-state index in [4.69, 9.17) is 25.4 Å². The fourth-order valence-electron chi connectivity index (χ4n) is 1.87. The van der Waals surface area contributed by atoms with Crippen LogP contribution in [0.1, 0.15) is 13.8 Å². The van der Waals surface area contributed by atoms with E-state index in [-0.39, 0.29) is 18.3 Å². The Kier molecular flexibility index (Phi) is 2.28. The number of methoxy groups -OCH3 is 1. The Morgan fingerprint density at radius 3 is 2.64 bits per heavy atom. The summed E-state index contributed by atoms with van der Waals surface area (Å²) in [6, 6.07) is 0. The Hall–Kier alpha value is -0.600. The minimum Gasteiger partial charge on any atom is -0.375 e. The molecule has 0 amide bonds. The minimum absolute atomic E-state index is 0.226. The van der Waals surface area contributed by atoms with Gasteiger partial charge in [0.2, 0.25) is 0 Å². The molecule has 4 nitrogen and oxygen atoms in total. The molecule has 0 unspecified atom stereocenters. The molecule has 2 saturated heterocycles. The lowest BCUT2D eigenvalue weighted by molar-refractivity contribution is -0.209. The zero-order valence-electron chi connectivity index (χ0n) is 8.52. The number of fused-ring (bicyclic) bond motifs is 1. The molecule has 0 aromatic heterocycles. The Labute approximate surface area is 83.5 Å². The minimum atomic E-state index is -0.619. The predicted octanol–water partition coefficient (Wildman–Crippen LogP) is 0.511. The Morgan fingerprint density at radius 1 is 1.36 bits per heavy atom. The summed E-state index contributed by atoms with van der Waals surface area (Å²) >= 11 is 0. The third-order valence-corrected chi connectivity index (χ3v) is 2.43. The molecule has 0 aromatic carbocycles. The van der Waals surface area contributed by atoms with Gasteiger partial charge in [-0.3, -0.25) is 0 Å². The quantitative estimate of drug-likeness (QED) is 0.575. The first kappa shape index (κ1) is 9.94. The van der Waals surface area contributed by atoms with Gasteiger partial charge >= 0.3 is 0 Å². The standard InChI is InChI=1S/C10H14O4/c1-5-6-7(11-4)8-9(12-6)14-10(2,3)13-8/h1,6-9H,2-4H3/t6-,7-,8-,9-/m1/s1. The third-order valence-electron chi connectivity index (χ3n) is 2.43. The van der Waals surface area contributed by atoms with Crippen molar-refractivity contribution >= 4 is 0 Å². The molecule has 0 N–H and O–H groups in total. The van der Waals surface area contributed by atoms with Gasteiger partial charge in [0.25, 0.3) is 0 Å². The second-order valence-corrected chi connectivity index (χ2v) is 3.89. The second kappa shape index (κ2) is 3.21. The van der Waals surface area contributed by atoms with Crippen molar-refractivity contribution in [3.8, 4) is 12.3 Å². The third kappa shape index (κ3) is 1.43. The van der Waals surface area contributed by atoms with Crippen molar-refractivity contribution in [1.29, 1.82) is 0 Å². The van der Waals surface area contributed by atoms with E-state index >= 15 is 0 Å². The molecular weight excluding hydrogens is 184 g/mol. The topological polar surface area (TPSA) is 36.9 Å². The van der Waals surface area contributed by atoms with Crippen LogP contribution in [0.25, 0.3) is 0 Å². The van der Waals surface area contributed by atoms with E-state index < -0.39 is 12.1 Å². The molecule has 0 bridgehead atoms. The van der Waals surface area contributed by atoms with Gasteiger partial charge in [-0.25, -0.2) is 0 Å². The molecule has 0 spiro atoms. The molecule has 0 saturated carbocycles. The van der Waals surface area contributed by atoms with Crippen LogP contribution in [0.15, 0.2) is 0 Å². The Morgan fingerprint density at radius 2 is 2.07 bits per heavy atom. The van der Waals surface area contributed by atoms with Crippen molar-refractivity contribution in [3.05, 3.63) is 0 Å². The number of terminal acetylenes is 1. The van der Waals surface area contributed by atoms with Crippen LogP contribution in [0.4, 0.5) is 0 Å². The molecule has 4 heteroatoms. The van der Waals surface area contributed by atoms with Crippen LogP contribution in [-0.4, -0.2) is 37.5 Å². The first-order valence-electron chi connectivity index (χ1n) is 4.57. The number of hydrogen-bond donors (Lipinski definition) is 0.